The monoisotopic (exact) mass is 1060 g/mol. The Kier molecular flexibility index (Phi) is 8.69. The molecule has 4 aliphatic carbocycles. The van der Waals surface area contributed by atoms with E-state index in [4.69, 9.17) is 14.6 Å². The maximum Gasteiger partial charge on any atom is 0.248 e. The van der Waals surface area contributed by atoms with Crippen molar-refractivity contribution in [1.82, 2.24) is 10.2 Å². The van der Waals surface area contributed by atoms with Crippen LogP contribution in [0, 0.1) is 0 Å². The Bertz CT molecular complexity index is 4860. The number of hydrogen-bond donors (Lipinski definition) is 0. The summed E-state index contributed by atoms with van der Waals surface area (Å²) in [4.78, 5) is 0. The van der Waals surface area contributed by atoms with Gasteiger partial charge in [-0.15, -0.1) is 32.9 Å². The molecule has 2 spiro atoms. The standard InChI is InChI=1S/C76H42N2OS2/c1-7-25-61-49(15-1)50-16-2-8-26-62(50)75(61)65-39-43(47-21-13-23-59-57-19-5-11-29-69(57)80-71(47)59)31-35-53(65)55-37-33-45(41-67(55)75)73-77-78-74(79-73)46-34-38-56-54-36-32-44(48-22-14-24-60-58-20-6-12-30-70(58)81-72(48)60)40-66(54)76(68(56)42-46)63-27-9-3-17-51(63)52-18-4-10-28-64(52)76/h1-42H. The highest BCUT2D eigenvalue weighted by Gasteiger charge is 2.53. The second kappa shape index (κ2) is 16.0. The van der Waals surface area contributed by atoms with E-state index < -0.39 is 10.8 Å². The predicted molar refractivity (Wildman–Crippen MR) is 334 cm³/mol. The topological polar surface area (TPSA) is 38.9 Å². The Hall–Kier alpha value is -9.78. The molecule has 0 N–H and O–H groups in total. The van der Waals surface area contributed by atoms with Gasteiger partial charge in [0.05, 0.1) is 10.8 Å². The molecule has 3 heterocycles. The largest absolute Gasteiger partial charge is 0.416 e. The average Bonchev–Trinajstić information content (AvgIpc) is 2.03. The van der Waals surface area contributed by atoms with Crippen molar-refractivity contribution in [2.75, 3.05) is 0 Å². The van der Waals surface area contributed by atoms with Crippen molar-refractivity contribution in [2.24, 2.45) is 0 Å². The fraction of sp³-hybridized carbons (Fsp3) is 0.0263. The summed E-state index contributed by atoms with van der Waals surface area (Å²) in [6, 6.07) is 95.2. The van der Waals surface area contributed by atoms with Crippen molar-refractivity contribution in [1.29, 1.82) is 0 Å². The lowest BCUT2D eigenvalue weighted by Gasteiger charge is -2.31. The van der Waals surface area contributed by atoms with Gasteiger partial charge in [-0.25, -0.2) is 0 Å². The van der Waals surface area contributed by atoms with E-state index in [9.17, 15) is 0 Å². The summed E-state index contributed by atoms with van der Waals surface area (Å²) >= 11 is 3.77. The van der Waals surface area contributed by atoms with Crippen LogP contribution < -0.4 is 0 Å². The summed E-state index contributed by atoms with van der Waals surface area (Å²) in [5.74, 6) is 0.983. The number of fused-ring (bicyclic) bond motifs is 26. The summed E-state index contributed by atoms with van der Waals surface area (Å²) in [6.45, 7) is 0. The zero-order valence-electron chi connectivity index (χ0n) is 43.4. The number of thiophene rings is 2. The summed E-state index contributed by atoms with van der Waals surface area (Å²) in [6.07, 6.45) is 0. The van der Waals surface area contributed by atoms with Gasteiger partial charge in [0.25, 0.3) is 0 Å². The van der Waals surface area contributed by atoms with Gasteiger partial charge in [0, 0.05) is 51.5 Å². The molecule has 3 nitrogen and oxygen atoms in total. The summed E-state index contributed by atoms with van der Waals surface area (Å²) in [5.41, 5.74) is 25.8. The van der Waals surface area contributed by atoms with E-state index in [1.807, 2.05) is 22.7 Å². The minimum absolute atomic E-state index is 0.491. The van der Waals surface area contributed by atoms with Crippen LogP contribution in [0.2, 0.25) is 0 Å². The Balaban J connectivity index is 0.766. The first-order chi connectivity index (χ1) is 40.1. The van der Waals surface area contributed by atoms with Crippen molar-refractivity contribution in [2.45, 2.75) is 10.8 Å². The molecule has 12 aromatic carbocycles. The molecule has 15 aromatic rings. The molecule has 0 saturated heterocycles. The van der Waals surface area contributed by atoms with E-state index in [1.54, 1.807) is 0 Å². The number of hydrogen-bond acceptors (Lipinski definition) is 5. The Labute approximate surface area is 474 Å². The molecule has 0 saturated carbocycles. The Morgan fingerprint density at radius 3 is 0.938 bits per heavy atom. The molecule has 0 fully saturated rings. The van der Waals surface area contributed by atoms with Gasteiger partial charge in [-0.1, -0.05) is 206 Å². The van der Waals surface area contributed by atoms with Crippen LogP contribution in [-0.4, -0.2) is 10.2 Å². The van der Waals surface area contributed by atoms with Gasteiger partial charge in [0.2, 0.25) is 11.8 Å². The molecule has 0 amide bonds. The molecular formula is C76H42N2OS2. The van der Waals surface area contributed by atoms with Gasteiger partial charge in [-0.3, -0.25) is 0 Å². The van der Waals surface area contributed by atoms with Gasteiger partial charge in [0.15, 0.2) is 0 Å². The molecule has 0 radical (unpaired) electrons. The summed E-state index contributed by atoms with van der Waals surface area (Å²) in [7, 11) is 0. The normalized spacial score (nSPS) is 14.1. The van der Waals surface area contributed by atoms with Gasteiger partial charge in [0.1, 0.15) is 0 Å². The number of aromatic nitrogens is 2. The van der Waals surface area contributed by atoms with E-state index >= 15 is 0 Å². The van der Waals surface area contributed by atoms with Gasteiger partial charge >= 0.3 is 0 Å². The lowest BCUT2D eigenvalue weighted by atomic mass is 9.70. The molecule has 3 aromatic heterocycles. The Morgan fingerprint density at radius 2 is 0.543 bits per heavy atom. The lowest BCUT2D eigenvalue weighted by molar-refractivity contribution is 0.584. The second-order valence-corrected chi connectivity index (χ2v) is 24.3. The maximum absolute atomic E-state index is 6.98. The SMILES string of the molecule is c1ccc2c(c1)-c1ccccc1C21c2cc(-c3nnc(-c4ccc5c(c4)C4(c6ccccc6-c6ccccc64)c4cc(-c6cccc7c6sc6ccccc67)ccc4-5)o3)ccc2-c2ccc(-c3cccc4c3sc3ccccc34)cc21. The number of rotatable bonds is 4. The second-order valence-electron chi connectivity index (χ2n) is 22.2. The zero-order valence-corrected chi connectivity index (χ0v) is 45.0. The highest BCUT2D eigenvalue weighted by Crippen LogP contribution is 2.66. The van der Waals surface area contributed by atoms with Crippen LogP contribution in [0.5, 0.6) is 0 Å². The minimum atomic E-state index is -0.581. The number of nitrogens with zero attached hydrogens (tertiary/aromatic N) is 2. The highest BCUT2D eigenvalue weighted by atomic mass is 32.1. The third-order valence-electron chi connectivity index (χ3n) is 18.5. The van der Waals surface area contributed by atoms with E-state index in [0.717, 1.165) is 11.1 Å². The lowest BCUT2D eigenvalue weighted by Crippen LogP contribution is -2.26. The van der Waals surface area contributed by atoms with Gasteiger partial charge in [-0.2, -0.15) is 0 Å². The summed E-state index contributed by atoms with van der Waals surface area (Å²) < 4.78 is 12.2. The van der Waals surface area contributed by atoms with Crippen molar-refractivity contribution >= 4 is 63.0 Å². The van der Waals surface area contributed by atoms with Crippen molar-refractivity contribution < 1.29 is 4.42 Å². The van der Waals surface area contributed by atoms with Crippen molar-refractivity contribution in [3.63, 3.8) is 0 Å². The highest BCUT2D eigenvalue weighted by molar-refractivity contribution is 7.26. The first-order valence-corrected chi connectivity index (χ1v) is 29.4. The number of benzene rings is 12. The molecule has 19 rings (SSSR count). The van der Waals surface area contributed by atoms with Crippen LogP contribution in [0.15, 0.2) is 259 Å². The van der Waals surface area contributed by atoms with Crippen LogP contribution in [0.4, 0.5) is 0 Å². The smallest absolute Gasteiger partial charge is 0.248 e. The van der Waals surface area contributed by atoms with Crippen LogP contribution in [0.1, 0.15) is 44.5 Å². The van der Waals surface area contributed by atoms with E-state index in [0.29, 0.717) is 11.8 Å². The first-order valence-electron chi connectivity index (χ1n) is 27.8. The van der Waals surface area contributed by atoms with Crippen LogP contribution in [0.3, 0.4) is 0 Å². The molecule has 0 unspecified atom stereocenters. The van der Waals surface area contributed by atoms with Crippen LogP contribution in [-0.2, 0) is 10.8 Å². The average molecular weight is 1060 g/mol. The predicted octanol–water partition coefficient (Wildman–Crippen LogP) is 20.2. The molecule has 0 bridgehead atoms. The molecule has 0 atom stereocenters. The zero-order chi connectivity index (χ0) is 52.7. The fourth-order valence-electron chi connectivity index (χ4n) is 15.3. The van der Waals surface area contributed by atoms with Crippen LogP contribution in [0.25, 0.3) is 130 Å². The van der Waals surface area contributed by atoms with Crippen molar-refractivity contribution in [3.05, 3.63) is 299 Å². The molecule has 374 valence electrons. The van der Waals surface area contributed by atoms with E-state index in [2.05, 4.69) is 255 Å². The van der Waals surface area contributed by atoms with E-state index in [1.165, 1.54) is 152 Å². The quantitative estimate of drug-likeness (QED) is 0.176. The fourth-order valence-corrected chi connectivity index (χ4v) is 17.8. The van der Waals surface area contributed by atoms with Gasteiger partial charge in [-0.05, 0) is 160 Å². The van der Waals surface area contributed by atoms with Crippen molar-refractivity contribution in [3.8, 4) is 89.7 Å². The molecule has 0 aliphatic heterocycles. The Morgan fingerprint density at radius 1 is 0.247 bits per heavy atom. The van der Waals surface area contributed by atoms with Crippen LogP contribution >= 0.6 is 22.7 Å². The third kappa shape index (κ3) is 5.62. The maximum atomic E-state index is 6.98. The molecular weight excluding hydrogens is 1020 g/mol. The third-order valence-corrected chi connectivity index (χ3v) is 21.0. The van der Waals surface area contributed by atoms with E-state index in [-0.39, 0.29) is 0 Å². The minimum Gasteiger partial charge on any atom is -0.416 e. The molecule has 5 heteroatoms. The summed E-state index contributed by atoms with van der Waals surface area (Å²) in [5, 5.41) is 15.0. The first kappa shape index (κ1) is 44.1. The van der Waals surface area contributed by atoms with Gasteiger partial charge < -0.3 is 4.42 Å². The molecule has 4 aliphatic rings. The molecule has 81 heavy (non-hydrogen) atoms.